The summed E-state index contributed by atoms with van der Waals surface area (Å²) in [5.41, 5.74) is 0. The Hall–Kier alpha value is 0.120. The number of nitrogens with zero attached hydrogens (tertiary/aromatic N) is 2. The van der Waals surface area contributed by atoms with Gasteiger partial charge in [0.25, 0.3) is 0 Å². The number of aliphatic carboxylic acids is 2. The van der Waals surface area contributed by atoms with Crippen molar-refractivity contribution in [1.29, 1.82) is 0 Å². The van der Waals surface area contributed by atoms with E-state index >= 15 is 0 Å². The summed E-state index contributed by atoms with van der Waals surface area (Å²) < 4.78 is 0. The third-order valence-corrected chi connectivity index (χ3v) is 18.0. The van der Waals surface area contributed by atoms with Crippen molar-refractivity contribution < 1.29 is 19.8 Å². The van der Waals surface area contributed by atoms with E-state index in [1.807, 2.05) is 0 Å². The van der Waals surface area contributed by atoms with Gasteiger partial charge in [0, 0.05) is 13.1 Å². The van der Waals surface area contributed by atoms with Crippen molar-refractivity contribution in [2.75, 3.05) is 39.3 Å². The number of carbonyl (C=O) groups is 2. The Morgan fingerprint density at radius 3 is 0.386 bits per heavy atom. The topological polar surface area (TPSA) is 86.7 Å². The minimum absolute atomic E-state index is 0. The Labute approximate surface area is 553 Å². The third kappa shape index (κ3) is 82.1. The van der Waals surface area contributed by atoms with Crippen LogP contribution in [0, 0.1) is 0 Å². The molecule has 0 aromatic heterocycles. The maximum Gasteiger partial charge on any atom is 2.00 e. The molecule has 83 heavy (non-hydrogen) atoms. The molecule has 0 heterocycles. The standard InChI is InChI=1S/2C38H77NO2.Ca/c2*1-3-5-7-9-11-13-15-17-19-21-23-25-27-29-31-33-35-39(37-38(40)41)36-34-32-30-28-26-24-22-20-18-16-14-12-10-8-6-4-2;/h2*3-37H2,1-2H3,(H,40,41);/q;;+2/p-2. The quantitative estimate of drug-likeness (QED) is 0.0445. The zero-order valence-corrected chi connectivity index (χ0v) is 59.9. The SMILES string of the molecule is CCCCCCCCCCCCCCCCCCN(CCCCCCCCCCCCCCCCCC)CC(=O)[O-].CCCCCCCCCCCCCCCCCCN(CCCCCCCCCCCCCCCCCC)CC(=O)[O-].[Ca+2]. The molecule has 0 rings (SSSR count). The van der Waals surface area contributed by atoms with E-state index in [1.165, 1.54) is 385 Å². The van der Waals surface area contributed by atoms with Crippen LogP contribution in [-0.2, 0) is 9.59 Å². The predicted octanol–water partition coefficient (Wildman–Crippen LogP) is 22.7. The summed E-state index contributed by atoms with van der Waals surface area (Å²) >= 11 is 0. The summed E-state index contributed by atoms with van der Waals surface area (Å²) in [7, 11) is 0. The van der Waals surface area contributed by atoms with Gasteiger partial charge in [-0.2, -0.15) is 0 Å². The maximum atomic E-state index is 11.2. The smallest absolute Gasteiger partial charge is 0.549 e. The second kappa shape index (κ2) is 80.1. The molecule has 0 aromatic carbocycles. The largest absolute Gasteiger partial charge is 2.00 e. The first-order chi connectivity index (χ1) is 40.4. The van der Waals surface area contributed by atoms with E-state index in [1.54, 1.807) is 0 Å². The zero-order chi connectivity index (χ0) is 59.8. The molecule has 0 amide bonds. The summed E-state index contributed by atoms with van der Waals surface area (Å²) in [5, 5.41) is 22.4. The number of hydrogen-bond donors (Lipinski definition) is 0. The zero-order valence-electron chi connectivity index (χ0n) is 57.7. The number of carboxylic acid groups (broad SMARTS) is 2. The Bertz CT molecular complexity index is 1010. The minimum Gasteiger partial charge on any atom is -0.549 e. The molecule has 7 heteroatoms. The van der Waals surface area contributed by atoms with Gasteiger partial charge in [-0.05, 0) is 51.9 Å². The van der Waals surface area contributed by atoms with Crippen LogP contribution in [0.5, 0.6) is 0 Å². The molecule has 0 fully saturated rings. The van der Waals surface area contributed by atoms with Crippen LogP contribution in [0.2, 0.25) is 0 Å². The Kier molecular flexibility index (Phi) is 84.3. The maximum absolute atomic E-state index is 11.2. The first-order valence-electron chi connectivity index (χ1n) is 38.2. The van der Waals surface area contributed by atoms with Crippen LogP contribution in [-0.4, -0.2) is 98.7 Å². The summed E-state index contributed by atoms with van der Waals surface area (Å²) in [6, 6.07) is 0. The van der Waals surface area contributed by atoms with Crippen molar-refractivity contribution in [2.24, 2.45) is 0 Å². The molecule has 0 aliphatic rings. The van der Waals surface area contributed by atoms with Gasteiger partial charge in [0.1, 0.15) is 0 Å². The van der Waals surface area contributed by atoms with Crippen molar-refractivity contribution in [3.63, 3.8) is 0 Å². The van der Waals surface area contributed by atoms with Crippen LogP contribution in [0.15, 0.2) is 0 Å². The van der Waals surface area contributed by atoms with E-state index in [9.17, 15) is 19.8 Å². The molecule has 0 radical (unpaired) electrons. The number of hydrogen-bond acceptors (Lipinski definition) is 6. The van der Waals surface area contributed by atoms with Crippen molar-refractivity contribution >= 4 is 49.7 Å². The summed E-state index contributed by atoms with van der Waals surface area (Å²) in [6.45, 7) is 13.1. The van der Waals surface area contributed by atoms with E-state index in [-0.39, 0.29) is 50.8 Å². The van der Waals surface area contributed by atoms with Crippen LogP contribution in [0.25, 0.3) is 0 Å². The molecule has 0 spiro atoms. The average Bonchev–Trinajstić information content (AvgIpc) is 3.46. The van der Waals surface area contributed by atoms with Crippen molar-refractivity contribution in [3.05, 3.63) is 0 Å². The van der Waals surface area contributed by atoms with Crippen molar-refractivity contribution in [3.8, 4) is 0 Å². The van der Waals surface area contributed by atoms with Gasteiger partial charge in [-0.15, -0.1) is 0 Å². The van der Waals surface area contributed by atoms with Gasteiger partial charge in [0.2, 0.25) is 0 Å². The van der Waals surface area contributed by atoms with E-state index < -0.39 is 11.9 Å². The molecule has 0 N–H and O–H groups in total. The Morgan fingerprint density at radius 2 is 0.289 bits per heavy atom. The molecule has 0 aromatic rings. The van der Waals surface area contributed by atoms with E-state index in [2.05, 4.69) is 37.5 Å². The molecule has 0 aliphatic heterocycles. The number of carboxylic acids is 2. The van der Waals surface area contributed by atoms with E-state index in [4.69, 9.17) is 0 Å². The molecule has 0 unspecified atom stereocenters. The number of unbranched alkanes of at least 4 members (excludes halogenated alkanes) is 60. The molecule has 0 atom stereocenters. The minimum atomic E-state index is -0.919. The summed E-state index contributed by atoms with van der Waals surface area (Å²) in [4.78, 5) is 26.7. The van der Waals surface area contributed by atoms with Crippen molar-refractivity contribution in [2.45, 2.75) is 439 Å². The molecule has 0 aliphatic carbocycles. The van der Waals surface area contributed by atoms with Crippen LogP contribution < -0.4 is 10.2 Å². The first-order valence-corrected chi connectivity index (χ1v) is 38.2. The molecular weight excluding hydrogens is 1040 g/mol. The van der Waals surface area contributed by atoms with Gasteiger partial charge in [0.15, 0.2) is 0 Å². The van der Waals surface area contributed by atoms with Crippen LogP contribution in [0.4, 0.5) is 0 Å². The molecule has 0 saturated heterocycles. The summed E-state index contributed by atoms with van der Waals surface area (Å²) in [6.07, 6.45) is 88.1. The fraction of sp³-hybridized carbons (Fsp3) is 0.974. The van der Waals surface area contributed by atoms with Crippen LogP contribution >= 0.6 is 0 Å². The van der Waals surface area contributed by atoms with Gasteiger partial charge < -0.3 is 19.8 Å². The first kappa shape index (κ1) is 87.3. The number of rotatable bonds is 72. The normalized spacial score (nSPS) is 11.4. The summed E-state index contributed by atoms with van der Waals surface area (Å²) in [5.74, 6) is -1.84. The fourth-order valence-corrected chi connectivity index (χ4v) is 12.4. The second-order valence-corrected chi connectivity index (χ2v) is 26.5. The second-order valence-electron chi connectivity index (χ2n) is 26.5. The van der Waals surface area contributed by atoms with Gasteiger partial charge in [0.05, 0.1) is 11.9 Å². The average molecular weight is 1200 g/mol. The molecule has 492 valence electrons. The molecule has 0 saturated carbocycles. The fourth-order valence-electron chi connectivity index (χ4n) is 12.4. The monoisotopic (exact) mass is 1200 g/mol. The van der Waals surface area contributed by atoms with Gasteiger partial charge in [-0.25, -0.2) is 0 Å². The van der Waals surface area contributed by atoms with Gasteiger partial charge in [-0.3, -0.25) is 9.80 Å². The molecule has 0 bridgehead atoms. The van der Waals surface area contributed by atoms with E-state index in [0.717, 1.165) is 51.9 Å². The number of carbonyl (C=O) groups excluding carboxylic acids is 2. The van der Waals surface area contributed by atoms with Gasteiger partial charge >= 0.3 is 37.7 Å². The molecular formula is C76H152CaN2O4. The van der Waals surface area contributed by atoms with Crippen molar-refractivity contribution in [1.82, 2.24) is 9.80 Å². The predicted molar refractivity (Wildman–Crippen MR) is 367 cm³/mol. The third-order valence-electron chi connectivity index (χ3n) is 18.0. The Balaban J connectivity index is -0.00000152. The molecule has 6 nitrogen and oxygen atoms in total. The van der Waals surface area contributed by atoms with E-state index in [0.29, 0.717) is 0 Å². The van der Waals surface area contributed by atoms with Crippen LogP contribution in [0.3, 0.4) is 0 Å². The Morgan fingerprint density at radius 1 is 0.193 bits per heavy atom. The van der Waals surface area contributed by atoms with Gasteiger partial charge in [-0.1, -0.05) is 413 Å². The van der Waals surface area contributed by atoms with Crippen LogP contribution in [0.1, 0.15) is 439 Å².